The number of methoxy groups -OCH3 is 3. The van der Waals surface area contributed by atoms with Crippen LogP contribution >= 0.6 is 0 Å². The van der Waals surface area contributed by atoms with E-state index in [-0.39, 0.29) is 5.57 Å². The van der Waals surface area contributed by atoms with Crippen molar-refractivity contribution in [1.82, 2.24) is 0 Å². The van der Waals surface area contributed by atoms with Gasteiger partial charge in [-0.25, -0.2) is 0 Å². The Morgan fingerprint density at radius 2 is 1.46 bits per heavy atom. The SMILES string of the molecule is COc1cc(C(/C=C/c2ccccc2)=C(C#N)C#N)cc(OC)c1OC. The van der Waals surface area contributed by atoms with E-state index >= 15 is 0 Å². The minimum Gasteiger partial charge on any atom is -0.493 e. The van der Waals surface area contributed by atoms with E-state index < -0.39 is 0 Å². The molecule has 0 heterocycles. The number of hydrogen-bond acceptors (Lipinski definition) is 5. The van der Waals surface area contributed by atoms with Crippen LogP contribution in [0.4, 0.5) is 0 Å². The van der Waals surface area contributed by atoms with E-state index in [0.29, 0.717) is 28.4 Å². The lowest BCUT2D eigenvalue weighted by Gasteiger charge is -2.14. The third kappa shape index (κ3) is 4.03. The Morgan fingerprint density at radius 1 is 0.885 bits per heavy atom. The molecule has 2 aromatic carbocycles. The Kier molecular flexibility index (Phi) is 6.42. The molecule has 0 atom stereocenters. The molecule has 0 fully saturated rings. The van der Waals surface area contributed by atoms with Gasteiger partial charge in [-0.1, -0.05) is 42.5 Å². The van der Waals surface area contributed by atoms with Crippen LogP contribution in [0.5, 0.6) is 17.2 Å². The van der Waals surface area contributed by atoms with Gasteiger partial charge in [-0.3, -0.25) is 0 Å². The molecule has 0 N–H and O–H groups in total. The predicted octanol–water partition coefficient (Wildman–Crippen LogP) is 4.23. The van der Waals surface area contributed by atoms with Crippen molar-refractivity contribution in [3.63, 3.8) is 0 Å². The quantitative estimate of drug-likeness (QED) is 0.578. The maximum Gasteiger partial charge on any atom is 0.203 e. The van der Waals surface area contributed by atoms with Crippen LogP contribution in [-0.2, 0) is 0 Å². The number of rotatable bonds is 6. The highest BCUT2D eigenvalue weighted by Gasteiger charge is 2.16. The molecule has 0 amide bonds. The van der Waals surface area contributed by atoms with Crippen molar-refractivity contribution in [3.8, 4) is 29.4 Å². The Hall–Kier alpha value is -3.70. The van der Waals surface area contributed by atoms with Crippen LogP contribution in [0.3, 0.4) is 0 Å². The summed E-state index contributed by atoms with van der Waals surface area (Å²) in [5.41, 5.74) is 2.03. The van der Waals surface area contributed by atoms with Crippen LogP contribution in [0.25, 0.3) is 11.6 Å². The Labute approximate surface area is 153 Å². The molecule has 0 radical (unpaired) electrons. The molecule has 5 nitrogen and oxygen atoms in total. The molecular weight excluding hydrogens is 328 g/mol. The van der Waals surface area contributed by atoms with Gasteiger partial charge in [0.25, 0.3) is 0 Å². The third-order valence-electron chi connectivity index (χ3n) is 3.71. The van der Waals surface area contributed by atoms with E-state index in [9.17, 15) is 10.5 Å². The highest BCUT2D eigenvalue weighted by molar-refractivity contribution is 5.86. The van der Waals surface area contributed by atoms with Crippen LogP contribution in [-0.4, -0.2) is 21.3 Å². The second kappa shape index (κ2) is 8.96. The van der Waals surface area contributed by atoms with Crippen LogP contribution < -0.4 is 14.2 Å². The van der Waals surface area contributed by atoms with Crippen molar-refractivity contribution in [1.29, 1.82) is 10.5 Å². The van der Waals surface area contributed by atoms with Gasteiger partial charge in [0.2, 0.25) is 5.75 Å². The standard InChI is InChI=1S/C21H18N2O3/c1-24-19-11-16(12-20(25-2)21(19)26-3)18(17(13-22)14-23)10-9-15-7-5-4-6-8-15/h4-12H,1-3H3/b10-9+. The van der Waals surface area contributed by atoms with Gasteiger partial charge in [0.05, 0.1) is 21.3 Å². The molecule has 5 heteroatoms. The van der Waals surface area contributed by atoms with Crippen LogP contribution in [0.15, 0.2) is 54.1 Å². The molecule has 0 unspecified atom stereocenters. The highest BCUT2D eigenvalue weighted by Crippen LogP contribution is 2.40. The molecule has 0 saturated carbocycles. The normalized spacial score (nSPS) is 9.88. The maximum absolute atomic E-state index is 9.36. The summed E-state index contributed by atoms with van der Waals surface area (Å²) in [5.74, 6) is 1.34. The van der Waals surface area contributed by atoms with E-state index in [0.717, 1.165) is 5.56 Å². The Bertz CT molecular complexity index is 876. The van der Waals surface area contributed by atoms with Gasteiger partial charge in [0.15, 0.2) is 11.5 Å². The second-order valence-corrected chi connectivity index (χ2v) is 5.17. The summed E-state index contributed by atoms with van der Waals surface area (Å²) in [7, 11) is 4.54. The van der Waals surface area contributed by atoms with Crippen molar-refractivity contribution < 1.29 is 14.2 Å². The first kappa shape index (κ1) is 18.6. The van der Waals surface area contributed by atoms with E-state index in [4.69, 9.17) is 14.2 Å². The number of ether oxygens (including phenoxy) is 3. The number of benzene rings is 2. The molecule has 0 saturated heterocycles. The van der Waals surface area contributed by atoms with Gasteiger partial charge < -0.3 is 14.2 Å². The minimum absolute atomic E-state index is 0.00791. The Balaban J connectivity index is 2.65. The fraction of sp³-hybridized carbons (Fsp3) is 0.143. The fourth-order valence-corrected chi connectivity index (χ4v) is 2.45. The smallest absolute Gasteiger partial charge is 0.203 e. The van der Waals surface area contributed by atoms with Crippen molar-refractivity contribution in [2.75, 3.05) is 21.3 Å². The van der Waals surface area contributed by atoms with Crippen molar-refractivity contribution in [2.45, 2.75) is 0 Å². The minimum atomic E-state index is -0.00791. The summed E-state index contributed by atoms with van der Waals surface area (Å²) in [6, 6.07) is 16.9. The first-order chi connectivity index (χ1) is 12.7. The number of hydrogen-bond donors (Lipinski definition) is 0. The van der Waals surface area contributed by atoms with E-state index in [1.165, 1.54) is 21.3 Å². The molecule has 2 aromatic rings. The second-order valence-electron chi connectivity index (χ2n) is 5.17. The van der Waals surface area contributed by atoms with Gasteiger partial charge in [0, 0.05) is 5.57 Å². The molecule has 2 rings (SSSR count). The number of nitriles is 2. The summed E-state index contributed by atoms with van der Waals surface area (Å²) in [5, 5.41) is 18.7. The van der Waals surface area contributed by atoms with Gasteiger partial charge in [0.1, 0.15) is 17.7 Å². The fourth-order valence-electron chi connectivity index (χ4n) is 2.45. The van der Waals surface area contributed by atoms with Crippen molar-refractivity contribution >= 4 is 11.6 Å². The zero-order valence-corrected chi connectivity index (χ0v) is 14.8. The van der Waals surface area contributed by atoms with Gasteiger partial charge in [-0.05, 0) is 23.3 Å². The van der Waals surface area contributed by atoms with Crippen molar-refractivity contribution in [3.05, 3.63) is 65.2 Å². The van der Waals surface area contributed by atoms with Crippen LogP contribution in [0.1, 0.15) is 11.1 Å². The summed E-state index contributed by atoms with van der Waals surface area (Å²) in [4.78, 5) is 0. The highest BCUT2D eigenvalue weighted by atomic mass is 16.5. The van der Waals surface area contributed by atoms with Gasteiger partial charge in [-0.2, -0.15) is 10.5 Å². The molecule has 130 valence electrons. The third-order valence-corrected chi connectivity index (χ3v) is 3.71. The topological polar surface area (TPSA) is 75.3 Å². The summed E-state index contributed by atoms with van der Waals surface area (Å²) in [6.45, 7) is 0. The zero-order chi connectivity index (χ0) is 18.9. The van der Waals surface area contributed by atoms with Gasteiger partial charge in [-0.15, -0.1) is 0 Å². The molecular formula is C21H18N2O3. The predicted molar refractivity (Wildman–Crippen MR) is 99.7 cm³/mol. The van der Waals surface area contributed by atoms with Gasteiger partial charge >= 0.3 is 0 Å². The molecule has 26 heavy (non-hydrogen) atoms. The molecule has 0 aliphatic carbocycles. The largest absolute Gasteiger partial charge is 0.493 e. The number of allylic oxidation sites excluding steroid dienone is 3. The average molecular weight is 346 g/mol. The first-order valence-corrected chi connectivity index (χ1v) is 7.76. The lowest BCUT2D eigenvalue weighted by molar-refractivity contribution is 0.324. The lowest BCUT2D eigenvalue weighted by Crippen LogP contribution is -1.97. The van der Waals surface area contributed by atoms with Crippen LogP contribution in [0, 0.1) is 22.7 Å². The zero-order valence-electron chi connectivity index (χ0n) is 14.8. The molecule has 0 bridgehead atoms. The van der Waals surface area contributed by atoms with Crippen molar-refractivity contribution in [2.24, 2.45) is 0 Å². The number of nitrogens with zero attached hydrogens (tertiary/aromatic N) is 2. The van der Waals surface area contributed by atoms with E-state index in [2.05, 4.69) is 0 Å². The van der Waals surface area contributed by atoms with Crippen LogP contribution in [0.2, 0.25) is 0 Å². The van der Waals surface area contributed by atoms with E-state index in [1.54, 1.807) is 18.2 Å². The average Bonchev–Trinajstić information content (AvgIpc) is 2.70. The Morgan fingerprint density at radius 3 is 1.92 bits per heavy atom. The summed E-state index contributed by atoms with van der Waals surface area (Å²) < 4.78 is 16.0. The first-order valence-electron chi connectivity index (χ1n) is 7.76. The summed E-state index contributed by atoms with van der Waals surface area (Å²) in [6.07, 6.45) is 3.57. The lowest BCUT2D eigenvalue weighted by atomic mass is 9.98. The maximum atomic E-state index is 9.36. The van der Waals surface area contributed by atoms with E-state index in [1.807, 2.05) is 48.5 Å². The summed E-state index contributed by atoms with van der Waals surface area (Å²) >= 11 is 0. The molecule has 0 aliphatic heterocycles. The molecule has 0 aromatic heterocycles. The molecule has 0 aliphatic rings. The monoisotopic (exact) mass is 346 g/mol. The molecule has 0 spiro atoms.